The van der Waals surface area contributed by atoms with E-state index in [1.807, 2.05) is 26.0 Å². The Labute approximate surface area is 218 Å². The van der Waals surface area contributed by atoms with E-state index < -0.39 is 19.8 Å². The molecule has 0 heterocycles. The SMILES string of the molecule is C=CC(=O)OC(C)CC(C)c1cccc(OP(=O)(O)Oc2cccc(C(C)CC(C)OC(=O)C=C)c2)c1. The molecule has 0 aromatic heterocycles. The van der Waals surface area contributed by atoms with Gasteiger partial charge in [0.25, 0.3) is 0 Å². The van der Waals surface area contributed by atoms with E-state index in [4.69, 9.17) is 18.5 Å². The minimum atomic E-state index is -4.50. The highest BCUT2D eigenvalue weighted by atomic mass is 31.2. The molecule has 0 amide bonds. The van der Waals surface area contributed by atoms with Crippen LogP contribution in [0.25, 0.3) is 0 Å². The van der Waals surface area contributed by atoms with E-state index in [9.17, 15) is 19.0 Å². The first-order valence-electron chi connectivity index (χ1n) is 12.0. The molecule has 1 N–H and O–H groups in total. The van der Waals surface area contributed by atoms with Crippen molar-refractivity contribution in [1.82, 2.24) is 0 Å². The molecule has 0 bridgehead atoms. The van der Waals surface area contributed by atoms with Crippen LogP contribution in [0.1, 0.15) is 63.5 Å². The number of esters is 2. The highest BCUT2D eigenvalue weighted by Crippen LogP contribution is 2.45. The number of carbonyl (C=O) groups excluding carboxylic acids is 2. The predicted octanol–water partition coefficient (Wildman–Crippen LogP) is 6.47. The van der Waals surface area contributed by atoms with Gasteiger partial charge in [0.05, 0.1) is 12.2 Å². The van der Waals surface area contributed by atoms with Gasteiger partial charge in [0.15, 0.2) is 0 Å². The summed E-state index contributed by atoms with van der Waals surface area (Å²) in [5.74, 6) is -0.650. The lowest BCUT2D eigenvalue weighted by Crippen LogP contribution is -2.15. The first-order valence-corrected chi connectivity index (χ1v) is 13.5. The maximum Gasteiger partial charge on any atom is 0.584 e. The third-order valence-corrected chi connectivity index (χ3v) is 6.52. The first kappa shape index (κ1) is 29.9. The van der Waals surface area contributed by atoms with Crippen LogP contribution in [-0.2, 0) is 23.6 Å². The van der Waals surface area contributed by atoms with Crippen LogP contribution in [0, 0.1) is 0 Å². The van der Waals surface area contributed by atoms with Gasteiger partial charge in [0.1, 0.15) is 11.5 Å². The first-order chi connectivity index (χ1) is 17.4. The van der Waals surface area contributed by atoms with Crippen molar-refractivity contribution in [2.24, 2.45) is 0 Å². The van der Waals surface area contributed by atoms with Crippen LogP contribution >= 0.6 is 7.82 Å². The highest BCUT2D eigenvalue weighted by Gasteiger charge is 2.26. The fourth-order valence-corrected chi connectivity index (χ4v) is 4.69. The van der Waals surface area contributed by atoms with Gasteiger partial charge in [-0.25, -0.2) is 14.2 Å². The number of hydrogen-bond donors (Lipinski definition) is 1. The molecule has 4 atom stereocenters. The summed E-state index contributed by atoms with van der Waals surface area (Å²) >= 11 is 0. The summed E-state index contributed by atoms with van der Waals surface area (Å²) in [4.78, 5) is 33.2. The van der Waals surface area contributed by atoms with E-state index in [0.717, 1.165) is 23.3 Å². The van der Waals surface area contributed by atoms with Crippen LogP contribution in [0.3, 0.4) is 0 Å². The minimum absolute atomic E-state index is 0.0125. The molecule has 0 aliphatic carbocycles. The van der Waals surface area contributed by atoms with E-state index >= 15 is 0 Å². The average Bonchev–Trinajstić information content (AvgIpc) is 2.83. The largest absolute Gasteiger partial charge is 0.584 e. The van der Waals surface area contributed by atoms with Gasteiger partial charge < -0.3 is 18.5 Å². The van der Waals surface area contributed by atoms with Crippen molar-refractivity contribution in [2.45, 2.75) is 64.6 Å². The molecule has 0 radical (unpaired) electrons. The third-order valence-electron chi connectivity index (χ3n) is 5.63. The summed E-state index contributed by atoms with van der Waals surface area (Å²) in [6.07, 6.45) is 2.67. The molecular formula is C28H35O8P. The molecule has 2 aromatic carbocycles. The lowest BCUT2D eigenvalue weighted by atomic mass is 9.95. The Hall–Kier alpha value is -3.35. The molecule has 37 heavy (non-hydrogen) atoms. The Kier molecular flexibility index (Phi) is 11.2. The topological polar surface area (TPSA) is 108 Å². The van der Waals surface area contributed by atoms with E-state index in [1.165, 1.54) is 0 Å². The molecule has 0 aliphatic heterocycles. The summed E-state index contributed by atoms with van der Waals surface area (Å²) in [6.45, 7) is 14.3. The van der Waals surface area contributed by atoms with Crippen molar-refractivity contribution < 1.29 is 37.6 Å². The Morgan fingerprint density at radius 1 is 0.811 bits per heavy atom. The van der Waals surface area contributed by atoms with E-state index in [-0.39, 0.29) is 35.5 Å². The van der Waals surface area contributed by atoms with Gasteiger partial charge in [0.2, 0.25) is 0 Å². The molecule has 0 saturated heterocycles. The zero-order valence-corrected chi connectivity index (χ0v) is 22.6. The number of ether oxygens (including phenoxy) is 2. The highest BCUT2D eigenvalue weighted by molar-refractivity contribution is 7.48. The summed E-state index contributed by atoms with van der Waals surface area (Å²) in [5, 5.41) is 0. The molecule has 2 rings (SSSR count). The zero-order chi connectivity index (χ0) is 27.6. The van der Waals surface area contributed by atoms with Gasteiger partial charge in [0, 0.05) is 12.2 Å². The molecule has 2 aromatic rings. The monoisotopic (exact) mass is 530 g/mol. The fraction of sp³-hybridized carbons (Fsp3) is 0.357. The van der Waals surface area contributed by atoms with Crippen LogP contribution in [0.15, 0.2) is 73.8 Å². The van der Waals surface area contributed by atoms with E-state index in [1.54, 1.807) is 50.2 Å². The number of hydrogen-bond acceptors (Lipinski definition) is 7. The van der Waals surface area contributed by atoms with Crippen molar-refractivity contribution in [2.75, 3.05) is 0 Å². The standard InChI is InChI=1S/C28H35O8P/c1-7-27(29)33-21(5)15-19(3)23-11-9-13-25(17-23)35-37(31,32)36-26-14-10-12-24(18-26)20(4)16-22(6)34-28(30)8-2/h7-14,17-22H,1-2,15-16H2,3-6H3,(H,31,32). The van der Waals surface area contributed by atoms with Gasteiger partial charge in [-0.1, -0.05) is 51.3 Å². The quantitative estimate of drug-likeness (QED) is 0.168. The Morgan fingerprint density at radius 3 is 1.54 bits per heavy atom. The van der Waals surface area contributed by atoms with Gasteiger partial charge in [-0.15, -0.1) is 0 Å². The maximum absolute atomic E-state index is 12.8. The molecule has 0 spiro atoms. The second kappa shape index (κ2) is 13.8. The molecular weight excluding hydrogens is 495 g/mol. The van der Waals surface area contributed by atoms with Gasteiger partial charge in [-0.05, 0) is 73.9 Å². The number of phosphoric ester groups is 1. The van der Waals surface area contributed by atoms with E-state index in [0.29, 0.717) is 12.8 Å². The van der Waals surface area contributed by atoms with Crippen LogP contribution in [-0.4, -0.2) is 29.0 Å². The maximum atomic E-state index is 12.8. The molecule has 0 saturated carbocycles. The fourth-order valence-electron chi connectivity index (χ4n) is 3.90. The molecule has 4 unspecified atom stereocenters. The van der Waals surface area contributed by atoms with E-state index in [2.05, 4.69) is 13.2 Å². The second-order valence-electron chi connectivity index (χ2n) is 8.97. The normalized spacial score (nSPS) is 15.7. The summed E-state index contributed by atoms with van der Waals surface area (Å²) in [6, 6.07) is 13.6. The van der Waals surface area contributed by atoms with Crippen molar-refractivity contribution in [3.05, 3.63) is 85.0 Å². The lowest BCUT2D eigenvalue weighted by molar-refractivity contribution is -0.143. The number of benzene rings is 2. The number of carbonyl (C=O) groups is 2. The predicted molar refractivity (Wildman–Crippen MR) is 142 cm³/mol. The third kappa shape index (κ3) is 10.3. The number of rotatable bonds is 14. The van der Waals surface area contributed by atoms with Gasteiger partial charge >= 0.3 is 19.8 Å². The summed E-state index contributed by atoms with van der Waals surface area (Å²) in [7, 11) is -4.50. The van der Waals surface area contributed by atoms with Crippen LogP contribution < -0.4 is 9.05 Å². The molecule has 8 nitrogen and oxygen atoms in total. The zero-order valence-electron chi connectivity index (χ0n) is 21.7. The molecule has 200 valence electrons. The Bertz CT molecular complexity index is 1060. The second-order valence-corrected chi connectivity index (χ2v) is 10.3. The molecule has 9 heteroatoms. The van der Waals surface area contributed by atoms with Crippen molar-refractivity contribution >= 4 is 19.8 Å². The summed E-state index contributed by atoms with van der Waals surface area (Å²) in [5.41, 5.74) is 1.70. The van der Waals surface area contributed by atoms with Crippen LogP contribution in [0.4, 0.5) is 0 Å². The molecule has 0 aliphatic rings. The minimum Gasteiger partial charge on any atom is -0.460 e. The van der Waals surface area contributed by atoms with Crippen molar-refractivity contribution in [3.8, 4) is 11.5 Å². The average molecular weight is 531 g/mol. The Balaban J connectivity index is 2.04. The lowest BCUT2D eigenvalue weighted by Gasteiger charge is -2.20. The number of phosphoric acid groups is 1. The van der Waals surface area contributed by atoms with Crippen molar-refractivity contribution in [1.29, 1.82) is 0 Å². The van der Waals surface area contributed by atoms with Crippen LogP contribution in [0.2, 0.25) is 0 Å². The van der Waals surface area contributed by atoms with Gasteiger partial charge in [-0.3, -0.25) is 4.89 Å². The molecule has 0 fully saturated rings. The van der Waals surface area contributed by atoms with Crippen molar-refractivity contribution in [3.63, 3.8) is 0 Å². The van der Waals surface area contributed by atoms with Gasteiger partial charge in [-0.2, -0.15) is 0 Å². The summed E-state index contributed by atoms with van der Waals surface area (Å²) < 4.78 is 33.9. The Morgan fingerprint density at radius 2 is 1.19 bits per heavy atom. The van der Waals surface area contributed by atoms with Crippen LogP contribution in [0.5, 0.6) is 11.5 Å². The smallest absolute Gasteiger partial charge is 0.460 e.